The Labute approximate surface area is 149 Å². The first kappa shape index (κ1) is 17.6. The Morgan fingerprint density at radius 1 is 1.12 bits per heavy atom. The van der Waals surface area contributed by atoms with E-state index < -0.39 is 8.07 Å². The minimum absolute atomic E-state index is 0.490. The van der Waals surface area contributed by atoms with E-state index in [4.69, 9.17) is 10.5 Å². The number of nitrogens with zero attached hydrogens (tertiary/aromatic N) is 3. The van der Waals surface area contributed by atoms with Crippen LogP contribution in [0.4, 0.5) is 5.69 Å². The highest BCUT2D eigenvalue weighted by atomic mass is 28.3. The van der Waals surface area contributed by atoms with Gasteiger partial charge in [-0.15, -0.1) is 0 Å². The van der Waals surface area contributed by atoms with E-state index in [2.05, 4.69) is 40.2 Å². The van der Waals surface area contributed by atoms with E-state index in [9.17, 15) is 0 Å². The highest BCUT2D eigenvalue weighted by molar-refractivity contribution is 6.76. The number of hydrogen-bond donors (Lipinski definition) is 1. The van der Waals surface area contributed by atoms with Crippen molar-refractivity contribution in [2.75, 3.05) is 12.3 Å². The third kappa shape index (κ3) is 4.08. The monoisotopic (exact) mass is 354 g/mol. The summed E-state index contributed by atoms with van der Waals surface area (Å²) in [4.78, 5) is 8.81. The molecule has 0 aliphatic carbocycles. The van der Waals surface area contributed by atoms with Crippen LogP contribution in [-0.2, 0) is 11.5 Å². The number of fused-ring (bicyclic) bond motifs is 1. The molecule has 0 saturated carbocycles. The molecule has 2 aromatic heterocycles. The molecule has 5 nitrogen and oxygen atoms in total. The van der Waals surface area contributed by atoms with Crippen molar-refractivity contribution in [2.45, 2.75) is 39.3 Å². The van der Waals surface area contributed by atoms with Crippen LogP contribution in [-0.4, -0.2) is 29.2 Å². The molecule has 6 heteroatoms. The Morgan fingerprint density at radius 3 is 2.52 bits per heavy atom. The summed E-state index contributed by atoms with van der Waals surface area (Å²) >= 11 is 0. The van der Waals surface area contributed by atoms with Crippen molar-refractivity contribution in [3.8, 4) is 11.3 Å². The molecular weight excluding hydrogens is 328 g/mol. The Kier molecular flexibility index (Phi) is 4.92. The number of nitrogens with two attached hydrogens (primary N) is 1. The van der Waals surface area contributed by atoms with E-state index in [1.54, 1.807) is 6.33 Å². The molecular formula is C19H26N4OSi. The smallest absolute Gasteiger partial charge is 0.145 e. The SMILES string of the molecule is Cc1ncnc2c1cc(-c1ccc(N)cc1)n2COCC[Si](C)(C)C. The maximum Gasteiger partial charge on any atom is 0.145 e. The Balaban J connectivity index is 1.95. The molecule has 0 aliphatic heterocycles. The summed E-state index contributed by atoms with van der Waals surface area (Å²) in [6, 6.07) is 11.2. The molecule has 0 bridgehead atoms. The first-order chi connectivity index (χ1) is 11.8. The topological polar surface area (TPSA) is 66.0 Å². The number of benzene rings is 1. The average molecular weight is 355 g/mol. The van der Waals surface area contributed by atoms with Gasteiger partial charge in [0.2, 0.25) is 0 Å². The molecule has 2 N–H and O–H groups in total. The van der Waals surface area contributed by atoms with Crippen molar-refractivity contribution in [2.24, 2.45) is 0 Å². The predicted molar refractivity (Wildman–Crippen MR) is 106 cm³/mol. The molecule has 0 aliphatic rings. The summed E-state index contributed by atoms with van der Waals surface area (Å²) in [5, 5.41) is 1.06. The minimum Gasteiger partial charge on any atom is -0.399 e. The summed E-state index contributed by atoms with van der Waals surface area (Å²) in [6.45, 7) is 10.4. The molecule has 0 radical (unpaired) electrons. The van der Waals surface area contributed by atoms with Crippen molar-refractivity contribution in [3.05, 3.63) is 42.4 Å². The van der Waals surface area contributed by atoms with Gasteiger partial charge in [0.05, 0.1) is 11.4 Å². The van der Waals surface area contributed by atoms with Gasteiger partial charge in [-0.25, -0.2) is 9.97 Å². The number of anilines is 1. The minimum atomic E-state index is -1.10. The van der Waals surface area contributed by atoms with Gasteiger partial charge in [0.25, 0.3) is 0 Å². The van der Waals surface area contributed by atoms with Crippen LogP contribution < -0.4 is 5.73 Å². The molecule has 2 heterocycles. The maximum atomic E-state index is 6.00. The standard InChI is InChI=1S/C19H26N4OSi/c1-14-17-11-18(15-5-7-16(20)8-6-15)23(19(17)22-12-21-14)13-24-9-10-25(2,3)4/h5-8,11-12H,9-10,13,20H2,1-4H3. The quantitative estimate of drug-likeness (QED) is 0.407. The fourth-order valence-electron chi connectivity index (χ4n) is 2.74. The van der Waals surface area contributed by atoms with E-state index in [0.717, 1.165) is 46.3 Å². The van der Waals surface area contributed by atoms with Crippen LogP contribution in [0.25, 0.3) is 22.3 Å². The van der Waals surface area contributed by atoms with Crippen molar-refractivity contribution in [1.29, 1.82) is 0 Å². The number of nitrogen functional groups attached to an aromatic ring is 1. The predicted octanol–water partition coefficient (Wildman–Crippen LogP) is 4.30. The fourth-order valence-corrected chi connectivity index (χ4v) is 3.50. The summed E-state index contributed by atoms with van der Waals surface area (Å²) in [5.41, 5.74) is 10.6. The normalized spacial score (nSPS) is 12.0. The first-order valence-electron chi connectivity index (χ1n) is 8.60. The van der Waals surface area contributed by atoms with Crippen molar-refractivity contribution >= 4 is 24.8 Å². The molecule has 0 fully saturated rings. The Hall–Kier alpha value is -2.18. The maximum absolute atomic E-state index is 6.00. The van der Waals surface area contributed by atoms with Gasteiger partial charge in [-0.3, -0.25) is 0 Å². The summed E-state index contributed by atoms with van der Waals surface area (Å²) in [5.74, 6) is 0. The fraction of sp³-hybridized carbons (Fsp3) is 0.368. The second-order valence-electron chi connectivity index (χ2n) is 7.62. The molecule has 1 aromatic carbocycles. The van der Waals surface area contributed by atoms with E-state index in [-0.39, 0.29) is 0 Å². The summed E-state index contributed by atoms with van der Waals surface area (Å²) < 4.78 is 8.13. The number of aromatic nitrogens is 3. The van der Waals surface area contributed by atoms with Crippen LogP contribution in [0.15, 0.2) is 36.7 Å². The van der Waals surface area contributed by atoms with Gasteiger partial charge in [0, 0.05) is 25.8 Å². The lowest BCUT2D eigenvalue weighted by Crippen LogP contribution is -2.22. The molecule has 0 atom stereocenters. The molecule has 3 rings (SSSR count). The lowest BCUT2D eigenvalue weighted by Gasteiger charge is -2.16. The number of hydrogen-bond acceptors (Lipinski definition) is 4. The summed E-state index contributed by atoms with van der Waals surface area (Å²) in [7, 11) is -1.10. The largest absolute Gasteiger partial charge is 0.399 e. The second-order valence-corrected chi connectivity index (χ2v) is 13.2. The van der Waals surface area contributed by atoms with E-state index in [0.29, 0.717) is 6.73 Å². The third-order valence-corrected chi connectivity index (χ3v) is 6.02. The van der Waals surface area contributed by atoms with Gasteiger partial charge >= 0.3 is 0 Å². The third-order valence-electron chi connectivity index (χ3n) is 4.31. The number of ether oxygens (including phenoxy) is 1. The lowest BCUT2D eigenvalue weighted by molar-refractivity contribution is 0.0909. The zero-order valence-electron chi connectivity index (χ0n) is 15.4. The number of rotatable bonds is 6. The van der Waals surface area contributed by atoms with Gasteiger partial charge in [-0.1, -0.05) is 31.8 Å². The summed E-state index contributed by atoms with van der Waals surface area (Å²) in [6.07, 6.45) is 1.61. The van der Waals surface area contributed by atoms with Gasteiger partial charge in [0.1, 0.15) is 18.7 Å². The molecule has 0 saturated heterocycles. The van der Waals surface area contributed by atoms with Crippen LogP contribution in [0.2, 0.25) is 25.7 Å². The highest BCUT2D eigenvalue weighted by Crippen LogP contribution is 2.29. The van der Waals surface area contributed by atoms with E-state index >= 15 is 0 Å². The van der Waals surface area contributed by atoms with Crippen LogP contribution >= 0.6 is 0 Å². The molecule has 132 valence electrons. The highest BCUT2D eigenvalue weighted by Gasteiger charge is 2.15. The van der Waals surface area contributed by atoms with Crippen LogP contribution in [0, 0.1) is 6.92 Å². The van der Waals surface area contributed by atoms with Gasteiger partial charge in [0.15, 0.2) is 0 Å². The van der Waals surface area contributed by atoms with E-state index in [1.807, 2.05) is 31.2 Å². The average Bonchev–Trinajstić information content (AvgIpc) is 2.92. The van der Waals surface area contributed by atoms with Gasteiger partial charge < -0.3 is 15.0 Å². The van der Waals surface area contributed by atoms with Gasteiger partial charge in [-0.2, -0.15) is 0 Å². The van der Waals surface area contributed by atoms with Crippen molar-refractivity contribution in [3.63, 3.8) is 0 Å². The molecule has 0 spiro atoms. The van der Waals surface area contributed by atoms with Crippen molar-refractivity contribution in [1.82, 2.24) is 14.5 Å². The Bertz CT molecular complexity index is 866. The van der Waals surface area contributed by atoms with Crippen LogP contribution in [0.1, 0.15) is 5.69 Å². The Morgan fingerprint density at radius 2 is 1.84 bits per heavy atom. The molecule has 0 amide bonds. The first-order valence-corrected chi connectivity index (χ1v) is 12.3. The second kappa shape index (κ2) is 6.97. The molecule has 0 unspecified atom stereocenters. The zero-order valence-corrected chi connectivity index (χ0v) is 16.4. The lowest BCUT2D eigenvalue weighted by atomic mass is 10.1. The van der Waals surface area contributed by atoms with Crippen LogP contribution in [0.3, 0.4) is 0 Å². The zero-order chi connectivity index (χ0) is 18.0. The molecule has 3 aromatic rings. The van der Waals surface area contributed by atoms with Crippen molar-refractivity contribution < 1.29 is 4.74 Å². The molecule has 25 heavy (non-hydrogen) atoms. The van der Waals surface area contributed by atoms with Crippen LogP contribution in [0.5, 0.6) is 0 Å². The van der Waals surface area contributed by atoms with E-state index in [1.165, 1.54) is 0 Å². The van der Waals surface area contributed by atoms with Gasteiger partial charge in [-0.05, 0) is 36.7 Å². The number of aryl methyl sites for hydroxylation is 1.